The van der Waals surface area contributed by atoms with Gasteiger partial charge in [-0.1, -0.05) is 0 Å². The number of anilines is 2. The van der Waals surface area contributed by atoms with Gasteiger partial charge in [0.25, 0.3) is 10.0 Å². The number of nitrogens with zero attached hydrogens (tertiary/aromatic N) is 4. The number of benzene rings is 1. The first-order chi connectivity index (χ1) is 15.2. The summed E-state index contributed by atoms with van der Waals surface area (Å²) in [7, 11) is -2.33. The summed E-state index contributed by atoms with van der Waals surface area (Å²) >= 11 is 0. The maximum absolute atomic E-state index is 13.8. The summed E-state index contributed by atoms with van der Waals surface area (Å²) in [5.74, 6) is -1.19. The average molecular weight is 454 g/mol. The van der Waals surface area contributed by atoms with Gasteiger partial charge in [-0.25, -0.2) is 21.8 Å². The highest BCUT2D eigenvalue weighted by Gasteiger charge is 2.26. The molecule has 0 aliphatic rings. The van der Waals surface area contributed by atoms with E-state index in [1.165, 1.54) is 25.3 Å². The third-order valence-electron chi connectivity index (χ3n) is 5.22. The highest BCUT2D eigenvalue weighted by molar-refractivity contribution is 7.90. The minimum absolute atomic E-state index is 0.0735. The molecule has 0 radical (unpaired) electrons. The Bertz CT molecular complexity index is 1420. The summed E-state index contributed by atoms with van der Waals surface area (Å²) in [4.78, 5) is 21.3. The number of carboxylic acids is 1. The molecule has 3 heterocycles. The predicted molar refractivity (Wildman–Crippen MR) is 117 cm³/mol. The van der Waals surface area contributed by atoms with Crippen molar-refractivity contribution >= 4 is 38.4 Å². The molecule has 0 atom stereocenters. The Kier molecular flexibility index (Phi) is 5.39. The van der Waals surface area contributed by atoms with Gasteiger partial charge in [0.05, 0.1) is 11.9 Å². The second-order valence-corrected chi connectivity index (χ2v) is 8.97. The van der Waals surface area contributed by atoms with E-state index in [0.717, 1.165) is 21.8 Å². The second kappa shape index (κ2) is 8.04. The molecule has 32 heavy (non-hydrogen) atoms. The molecule has 4 rings (SSSR count). The molecule has 0 unspecified atom stereocenters. The fourth-order valence-electron chi connectivity index (χ4n) is 3.64. The predicted octanol–water partition coefficient (Wildman–Crippen LogP) is 3.51. The van der Waals surface area contributed by atoms with Crippen LogP contribution in [0.15, 0.2) is 66.0 Å². The Morgan fingerprint density at radius 1 is 1.16 bits per heavy atom. The molecule has 0 saturated heterocycles. The van der Waals surface area contributed by atoms with Crippen molar-refractivity contribution in [2.45, 2.75) is 18.2 Å². The van der Waals surface area contributed by atoms with E-state index in [2.05, 4.69) is 9.97 Å². The van der Waals surface area contributed by atoms with Crippen molar-refractivity contribution in [1.82, 2.24) is 13.9 Å². The van der Waals surface area contributed by atoms with Crippen molar-refractivity contribution < 1.29 is 22.7 Å². The van der Waals surface area contributed by atoms with Crippen LogP contribution in [0.4, 0.5) is 15.9 Å². The number of aliphatic carboxylic acids is 1. The van der Waals surface area contributed by atoms with Crippen LogP contribution in [0.25, 0.3) is 10.9 Å². The zero-order chi connectivity index (χ0) is 23.0. The number of aromatic nitrogens is 3. The molecule has 3 aromatic heterocycles. The van der Waals surface area contributed by atoms with Crippen LogP contribution in [-0.4, -0.2) is 40.5 Å². The van der Waals surface area contributed by atoms with Crippen molar-refractivity contribution in [2.75, 3.05) is 11.9 Å². The summed E-state index contributed by atoms with van der Waals surface area (Å²) < 4.78 is 41.8. The quantitative estimate of drug-likeness (QED) is 0.475. The Labute approximate surface area is 183 Å². The monoisotopic (exact) mass is 454 g/mol. The maximum atomic E-state index is 13.8. The summed E-state index contributed by atoms with van der Waals surface area (Å²) in [5, 5.41) is 9.50. The molecule has 0 fully saturated rings. The van der Waals surface area contributed by atoms with Gasteiger partial charge < -0.3 is 10.0 Å². The van der Waals surface area contributed by atoms with Crippen molar-refractivity contribution in [3.05, 3.63) is 78.1 Å². The molecule has 0 amide bonds. The maximum Gasteiger partial charge on any atom is 0.307 e. The summed E-state index contributed by atoms with van der Waals surface area (Å²) in [6.07, 6.45) is 4.10. The molecule has 1 aromatic carbocycles. The van der Waals surface area contributed by atoms with Gasteiger partial charge >= 0.3 is 5.97 Å². The number of rotatable bonds is 6. The Morgan fingerprint density at radius 2 is 1.88 bits per heavy atom. The van der Waals surface area contributed by atoms with Crippen LogP contribution in [-0.2, 0) is 21.2 Å². The smallest absolute Gasteiger partial charge is 0.307 e. The van der Waals surface area contributed by atoms with Crippen molar-refractivity contribution in [3.8, 4) is 0 Å². The van der Waals surface area contributed by atoms with Gasteiger partial charge in [0, 0.05) is 42.4 Å². The van der Waals surface area contributed by atoms with Gasteiger partial charge in [0.2, 0.25) is 0 Å². The van der Waals surface area contributed by atoms with Crippen LogP contribution in [0.5, 0.6) is 0 Å². The van der Waals surface area contributed by atoms with Crippen molar-refractivity contribution in [2.24, 2.45) is 0 Å². The number of carboxylic acid groups (broad SMARTS) is 1. The van der Waals surface area contributed by atoms with Crippen LogP contribution >= 0.6 is 0 Å². The molecule has 164 valence electrons. The van der Waals surface area contributed by atoms with Gasteiger partial charge in [0.15, 0.2) is 0 Å². The zero-order valence-electron chi connectivity index (χ0n) is 17.2. The van der Waals surface area contributed by atoms with Crippen LogP contribution in [0, 0.1) is 12.7 Å². The molecular weight excluding hydrogens is 435 g/mol. The number of fused-ring (bicyclic) bond motifs is 1. The van der Waals surface area contributed by atoms with Gasteiger partial charge in [-0.3, -0.25) is 9.78 Å². The largest absolute Gasteiger partial charge is 0.481 e. The standard InChI is InChI=1S/C22H19FN4O4S/c1-14-18(12-22(28)29)19-11-15(23)3-5-20(19)27(14)32(30,31)17-4-6-21(25-13-17)26(2)16-7-9-24-10-8-16/h3-11,13H,12H2,1-2H3,(H,28,29). The Balaban J connectivity index is 1.80. The SMILES string of the molecule is Cc1c(CC(=O)O)c2cc(F)ccc2n1S(=O)(=O)c1ccc(N(C)c2ccncc2)nc1. The van der Waals surface area contributed by atoms with Gasteiger partial charge in [0.1, 0.15) is 16.5 Å². The van der Waals surface area contributed by atoms with E-state index in [9.17, 15) is 22.7 Å². The second-order valence-electron chi connectivity index (χ2n) is 7.18. The first kappa shape index (κ1) is 21.4. The molecular formula is C22H19FN4O4S. The van der Waals surface area contributed by atoms with Crippen LogP contribution < -0.4 is 4.90 Å². The van der Waals surface area contributed by atoms with E-state index in [0.29, 0.717) is 5.82 Å². The van der Waals surface area contributed by atoms with E-state index in [-0.39, 0.29) is 27.1 Å². The molecule has 0 spiro atoms. The van der Waals surface area contributed by atoms with E-state index in [1.807, 2.05) is 0 Å². The number of hydrogen-bond donors (Lipinski definition) is 1. The summed E-state index contributed by atoms with van der Waals surface area (Å²) in [5.41, 5.74) is 1.50. The topological polar surface area (TPSA) is 105 Å². The van der Waals surface area contributed by atoms with Crippen LogP contribution in [0.3, 0.4) is 0 Å². The third kappa shape index (κ3) is 3.69. The molecule has 1 N–H and O–H groups in total. The fraction of sp³-hybridized carbons (Fsp3) is 0.136. The lowest BCUT2D eigenvalue weighted by Gasteiger charge is -2.18. The molecule has 0 saturated carbocycles. The first-order valence-electron chi connectivity index (χ1n) is 9.57. The molecule has 4 aromatic rings. The number of hydrogen-bond acceptors (Lipinski definition) is 6. The van der Waals surface area contributed by atoms with Crippen molar-refractivity contribution in [1.29, 1.82) is 0 Å². The molecule has 0 aliphatic heterocycles. The number of pyridine rings is 2. The fourth-order valence-corrected chi connectivity index (χ4v) is 5.16. The molecule has 10 heteroatoms. The highest BCUT2D eigenvalue weighted by atomic mass is 32.2. The van der Waals surface area contributed by atoms with Gasteiger partial charge in [-0.05, 0) is 55.0 Å². The minimum Gasteiger partial charge on any atom is -0.481 e. The van der Waals surface area contributed by atoms with Gasteiger partial charge in [-0.15, -0.1) is 0 Å². The molecule has 8 nitrogen and oxygen atoms in total. The Hall–Kier alpha value is -3.79. The van der Waals surface area contributed by atoms with Gasteiger partial charge in [-0.2, -0.15) is 0 Å². The normalized spacial score (nSPS) is 11.6. The van der Waals surface area contributed by atoms with E-state index in [4.69, 9.17) is 0 Å². The molecule has 0 bridgehead atoms. The van der Waals surface area contributed by atoms with Crippen LogP contribution in [0.2, 0.25) is 0 Å². The zero-order valence-corrected chi connectivity index (χ0v) is 18.0. The van der Waals surface area contributed by atoms with E-state index in [1.54, 1.807) is 42.5 Å². The first-order valence-corrected chi connectivity index (χ1v) is 11.0. The highest BCUT2D eigenvalue weighted by Crippen LogP contribution is 2.31. The number of halogens is 1. The summed E-state index contributed by atoms with van der Waals surface area (Å²) in [6.45, 7) is 1.51. The minimum atomic E-state index is -4.12. The lowest BCUT2D eigenvalue weighted by Crippen LogP contribution is -2.16. The van der Waals surface area contributed by atoms with E-state index >= 15 is 0 Å². The third-order valence-corrected chi connectivity index (χ3v) is 7.01. The van der Waals surface area contributed by atoms with Crippen molar-refractivity contribution in [3.63, 3.8) is 0 Å². The average Bonchev–Trinajstić information content (AvgIpc) is 3.05. The Morgan fingerprint density at radius 3 is 2.50 bits per heavy atom. The lowest BCUT2D eigenvalue weighted by molar-refractivity contribution is -0.136. The number of carbonyl (C=O) groups is 1. The lowest BCUT2D eigenvalue weighted by atomic mass is 10.1. The van der Waals surface area contributed by atoms with Crippen LogP contribution in [0.1, 0.15) is 11.3 Å². The molecule has 0 aliphatic carbocycles. The van der Waals surface area contributed by atoms with E-state index < -0.39 is 28.2 Å². The summed E-state index contributed by atoms with van der Waals surface area (Å²) in [6, 6.07) is 10.2.